The van der Waals surface area contributed by atoms with Gasteiger partial charge >= 0.3 is 0 Å². The molecule has 5 rings (SSSR count). The van der Waals surface area contributed by atoms with Gasteiger partial charge in [-0.15, -0.1) is 0 Å². The van der Waals surface area contributed by atoms with Crippen LogP contribution < -0.4 is 4.74 Å². The van der Waals surface area contributed by atoms with Gasteiger partial charge in [-0.2, -0.15) is 0 Å². The maximum atomic E-state index is 6.74. The van der Waals surface area contributed by atoms with Gasteiger partial charge in [0.1, 0.15) is 5.75 Å². The SMILES string of the molecule is Brc1ccc2ccc3c(c2c1)C=CC(c1ccccc1)(c1ccccc1)O3. The second kappa shape index (κ2) is 6.40. The van der Waals surface area contributed by atoms with Crippen LogP contribution in [0, 0.1) is 0 Å². The predicted molar refractivity (Wildman–Crippen MR) is 115 cm³/mol. The monoisotopic (exact) mass is 412 g/mol. The Morgan fingerprint density at radius 3 is 2.00 bits per heavy atom. The van der Waals surface area contributed by atoms with E-state index < -0.39 is 5.60 Å². The van der Waals surface area contributed by atoms with Gasteiger partial charge in [0.2, 0.25) is 0 Å². The van der Waals surface area contributed by atoms with Crippen LogP contribution >= 0.6 is 15.9 Å². The molecule has 1 aliphatic heterocycles. The lowest BCUT2D eigenvalue weighted by Gasteiger charge is -2.36. The lowest BCUT2D eigenvalue weighted by atomic mass is 9.83. The number of halogens is 1. The molecule has 0 bridgehead atoms. The molecule has 0 unspecified atom stereocenters. The minimum atomic E-state index is -0.630. The highest BCUT2D eigenvalue weighted by Crippen LogP contribution is 2.44. The van der Waals surface area contributed by atoms with Gasteiger partial charge in [-0.05, 0) is 41.1 Å². The van der Waals surface area contributed by atoms with Crippen LogP contribution in [-0.4, -0.2) is 0 Å². The molecule has 1 nitrogen and oxygen atoms in total. The summed E-state index contributed by atoms with van der Waals surface area (Å²) in [5, 5.41) is 2.39. The average Bonchev–Trinajstić information content (AvgIpc) is 2.74. The zero-order chi connectivity index (χ0) is 18.3. The van der Waals surface area contributed by atoms with E-state index in [9.17, 15) is 0 Å². The van der Waals surface area contributed by atoms with E-state index in [2.05, 4.69) is 107 Å². The average molecular weight is 413 g/mol. The summed E-state index contributed by atoms with van der Waals surface area (Å²) < 4.78 is 7.81. The lowest BCUT2D eigenvalue weighted by molar-refractivity contribution is 0.161. The van der Waals surface area contributed by atoms with Crippen LogP contribution in [0.4, 0.5) is 0 Å². The molecule has 1 aliphatic rings. The van der Waals surface area contributed by atoms with E-state index in [0.717, 1.165) is 26.9 Å². The highest BCUT2D eigenvalue weighted by Gasteiger charge is 2.37. The molecule has 0 fully saturated rings. The first-order valence-electron chi connectivity index (χ1n) is 8.98. The van der Waals surface area contributed by atoms with Gasteiger partial charge in [-0.3, -0.25) is 0 Å². The molecule has 130 valence electrons. The maximum Gasteiger partial charge on any atom is 0.178 e. The third-order valence-electron chi connectivity index (χ3n) is 5.15. The number of fused-ring (bicyclic) bond motifs is 3. The predicted octanol–water partition coefficient (Wildman–Crippen LogP) is 6.95. The first kappa shape index (κ1) is 16.3. The first-order valence-corrected chi connectivity index (χ1v) is 9.77. The molecule has 0 atom stereocenters. The Balaban J connectivity index is 1.75. The van der Waals surface area contributed by atoms with E-state index in [0.29, 0.717) is 0 Å². The molecule has 0 saturated carbocycles. The van der Waals surface area contributed by atoms with E-state index in [1.54, 1.807) is 0 Å². The van der Waals surface area contributed by atoms with Gasteiger partial charge < -0.3 is 4.74 Å². The van der Waals surface area contributed by atoms with Crippen molar-refractivity contribution in [3.63, 3.8) is 0 Å². The quantitative estimate of drug-likeness (QED) is 0.346. The molecule has 27 heavy (non-hydrogen) atoms. The van der Waals surface area contributed by atoms with Gasteiger partial charge in [0.25, 0.3) is 0 Å². The summed E-state index contributed by atoms with van der Waals surface area (Å²) in [6.45, 7) is 0. The van der Waals surface area contributed by atoms with Crippen LogP contribution in [0.15, 0.2) is 102 Å². The number of hydrogen-bond donors (Lipinski definition) is 0. The summed E-state index contributed by atoms with van der Waals surface area (Å²) in [6.07, 6.45) is 4.38. The number of hydrogen-bond acceptors (Lipinski definition) is 1. The Labute approximate surface area is 167 Å². The fourth-order valence-electron chi connectivity index (χ4n) is 3.81. The highest BCUT2D eigenvalue weighted by atomic mass is 79.9. The van der Waals surface area contributed by atoms with Crippen molar-refractivity contribution in [2.75, 3.05) is 0 Å². The van der Waals surface area contributed by atoms with Gasteiger partial charge in [-0.25, -0.2) is 0 Å². The van der Waals surface area contributed by atoms with E-state index in [1.807, 2.05) is 12.1 Å². The largest absolute Gasteiger partial charge is 0.473 e. The molecule has 0 aromatic heterocycles. The number of ether oxygens (including phenoxy) is 1. The van der Waals surface area contributed by atoms with E-state index >= 15 is 0 Å². The van der Waals surface area contributed by atoms with Crippen molar-refractivity contribution in [3.05, 3.63) is 118 Å². The lowest BCUT2D eigenvalue weighted by Crippen LogP contribution is -2.34. The van der Waals surface area contributed by atoms with Gasteiger partial charge in [0, 0.05) is 21.2 Å². The van der Waals surface area contributed by atoms with Gasteiger partial charge in [0.15, 0.2) is 5.60 Å². The summed E-state index contributed by atoms with van der Waals surface area (Å²) >= 11 is 3.59. The molecule has 0 spiro atoms. The summed E-state index contributed by atoms with van der Waals surface area (Å²) in [6, 6.07) is 31.4. The Morgan fingerprint density at radius 1 is 0.704 bits per heavy atom. The molecule has 0 saturated heterocycles. The minimum absolute atomic E-state index is 0.630. The summed E-state index contributed by atoms with van der Waals surface area (Å²) in [7, 11) is 0. The summed E-state index contributed by atoms with van der Waals surface area (Å²) in [5.74, 6) is 0.899. The Kier molecular flexibility index (Phi) is 3.87. The zero-order valence-electron chi connectivity index (χ0n) is 14.6. The Morgan fingerprint density at radius 2 is 1.33 bits per heavy atom. The van der Waals surface area contributed by atoms with Crippen LogP contribution in [0.5, 0.6) is 5.75 Å². The Bertz CT molecular complexity index is 1110. The van der Waals surface area contributed by atoms with Crippen LogP contribution in [0.2, 0.25) is 0 Å². The normalized spacial score (nSPS) is 14.6. The van der Waals surface area contributed by atoms with Crippen molar-refractivity contribution in [1.82, 2.24) is 0 Å². The van der Waals surface area contributed by atoms with Crippen LogP contribution in [-0.2, 0) is 5.60 Å². The molecule has 4 aromatic rings. The van der Waals surface area contributed by atoms with E-state index in [-0.39, 0.29) is 0 Å². The highest BCUT2D eigenvalue weighted by molar-refractivity contribution is 9.10. The van der Waals surface area contributed by atoms with E-state index in [1.165, 1.54) is 10.8 Å². The molecular weight excluding hydrogens is 396 g/mol. The number of rotatable bonds is 2. The fourth-order valence-corrected chi connectivity index (χ4v) is 4.17. The molecular formula is C25H17BrO. The fraction of sp³-hybridized carbons (Fsp3) is 0.0400. The van der Waals surface area contributed by atoms with E-state index in [4.69, 9.17) is 4.74 Å². The molecule has 4 aromatic carbocycles. The smallest absolute Gasteiger partial charge is 0.178 e. The van der Waals surface area contributed by atoms with Crippen molar-refractivity contribution in [2.45, 2.75) is 5.60 Å². The van der Waals surface area contributed by atoms with Gasteiger partial charge in [0.05, 0.1) is 0 Å². The molecule has 0 radical (unpaired) electrons. The first-order chi connectivity index (χ1) is 13.3. The summed E-state index contributed by atoms with van der Waals surface area (Å²) in [4.78, 5) is 0. The van der Waals surface area contributed by atoms with Gasteiger partial charge in [-0.1, -0.05) is 88.7 Å². The third-order valence-corrected chi connectivity index (χ3v) is 5.64. The van der Waals surface area contributed by atoms with Crippen molar-refractivity contribution in [2.24, 2.45) is 0 Å². The maximum absolute atomic E-state index is 6.74. The van der Waals surface area contributed by atoms with Crippen molar-refractivity contribution >= 4 is 32.8 Å². The van der Waals surface area contributed by atoms with Crippen LogP contribution in [0.25, 0.3) is 16.8 Å². The van der Waals surface area contributed by atoms with Crippen molar-refractivity contribution in [3.8, 4) is 5.75 Å². The van der Waals surface area contributed by atoms with Crippen LogP contribution in [0.3, 0.4) is 0 Å². The Hall–Kier alpha value is -2.84. The summed E-state index contributed by atoms with van der Waals surface area (Å²) in [5.41, 5.74) is 2.73. The van der Waals surface area contributed by atoms with Crippen molar-refractivity contribution < 1.29 is 4.74 Å². The third kappa shape index (κ3) is 2.68. The number of benzene rings is 4. The molecule has 0 aliphatic carbocycles. The minimum Gasteiger partial charge on any atom is -0.473 e. The molecule has 0 N–H and O–H groups in total. The standard InChI is InChI=1S/C25H17BrO/c26-21-13-11-18-12-14-24-22(23(18)17-21)15-16-25(27-24,19-7-3-1-4-8-19)20-9-5-2-6-10-20/h1-17H. The molecule has 2 heteroatoms. The molecule has 1 heterocycles. The zero-order valence-corrected chi connectivity index (χ0v) is 16.2. The second-order valence-corrected chi connectivity index (χ2v) is 7.66. The molecule has 0 amide bonds. The second-order valence-electron chi connectivity index (χ2n) is 6.75. The van der Waals surface area contributed by atoms with Crippen LogP contribution in [0.1, 0.15) is 16.7 Å². The van der Waals surface area contributed by atoms with Crippen molar-refractivity contribution in [1.29, 1.82) is 0 Å². The topological polar surface area (TPSA) is 9.23 Å².